The molecule has 0 saturated carbocycles. The number of benzene rings is 1. The fourth-order valence-electron chi connectivity index (χ4n) is 0.939. The molecular weight excluding hydrogens is 183 g/mol. The summed E-state index contributed by atoms with van der Waals surface area (Å²) in [5.74, 6) is -0.260. The molecule has 0 aliphatic carbocycles. The molecule has 0 aliphatic heterocycles. The highest BCUT2D eigenvalue weighted by Gasteiger charge is 1.97. The average Bonchev–Trinajstić information content (AvgIpc) is 2.19. The lowest BCUT2D eigenvalue weighted by molar-refractivity contribution is 0.152. The second-order valence-electron chi connectivity index (χ2n) is 2.81. The van der Waals surface area contributed by atoms with Crippen molar-refractivity contribution in [3.63, 3.8) is 0 Å². The predicted molar refractivity (Wildman–Crippen MR) is 53.6 cm³/mol. The quantitative estimate of drug-likeness (QED) is 0.451. The lowest BCUT2D eigenvalue weighted by Gasteiger charge is -2.00. The fourth-order valence-corrected chi connectivity index (χ4v) is 0.939. The van der Waals surface area contributed by atoms with Crippen molar-refractivity contribution in [1.29, 1.82) is 0 Å². The first-order chi connectivity index (χ1) is 6.74. The number of rotatable bonds is 4. The molecule has 1 aromatic rings. The summed E-state index contributed by atoms with van der Waals surface area (Å²) >= 11 is 0. The minimum Gasteiger partial charge on any atom is -0.394 e. The Morgan fingerprint density at radius 3 is 2.64 bits per heavy atom. The summed E-state index contributed by atoms with van der Waals surface area (Å²) in [6, 6.07) is 6.08. The molecule has 0 radical (unpaired) electrons. The van der Waals surface area contributed by atoms with Crippen LogP contribution in [0.25, 0.3) is 0 Å². The van der Waals surface area contributed by atoms with Crippen LogP contribution in [-0.2, 0) is 4.84 Å². The van der Waals surface area contributed by atoms with Crippen LogP contribution in [0.4, 0.5) is 4.39 Å². The van der Waals surface area contributed by atoms with Crippen molar-refractivity contribution in [2.75, 3.05) is 13.2 Å². The topological polar surface area (TPSA) is 47.6 Å². The number of hydrogen-bond acceptors (Lipinski definition) is 3. The number of nitrogens with two attached hydrogens (primary N) is 1. The third kappa shape index (κ3) is 3.14. The van der Waals surface area contributed by atoms with Crippen molar-refractivity contribution in [3.05, 3.63) is 35.6 Å². The lowest BCUT2D eigenvalue weighted by Crippen LogP contribution is -2.06. The summed E-state index contributed by atoms with van der Waals surface area (Å²) in [5.41, 5.74) is 6.77. The Morgan fingerprint density at radius 1 is 1.43 bits per heavy atom. The highest BCUT2D eigenvalue weighted by Crippen LogP contribution is 2.04. The van der Waals surface area contributed by atoms with Gasteiger partial charge in [0.2, 0.25) is 0 Å². The predicted octanol–water partition coefficient (Wildman–Crippen LogP) is 1.53. The summed E-state index contributed by atoms with van der Waals surface area (Å²) < 4.78 is 12.6. The van der Waals surface area contributed by atoms with E-state index in [0.717, 1.165) is 5.56 Å². The van der Waals surface area contributed by atoms with Crippen LogP contribution in [0.3, 0.4) is 0 Å². The zero-order valence-corrected chi connectivity index (χ0v) is 8.03. The number of hydrogen-bond donors (Lipinski definition) is 1. The van der Waals surface area contributed by atoms with E-state index in [1.165, 1.54) is 12.1 Å². The van der Waals surface area contributed by atoms with Gasteiger partial charge in [-0.05, 0) is 24.6 Å². The highest BCUT2D eigenvalue weighted by atomic mass is 19.1. The van der Waals surface area contributed by atoms with E-state index >= 15 is 0 Å². The van der Waals surface area contributed by atoms with E-state index in [-0.39, 0.29) is 5.82 Å². The molecule has 0 heterocycles. The molecule has 0 bridgehead atoms. The van der Waals surface area contributed by atoms with Gasteiger partial charge in [-0.2, -0.15) is 0 Å². The van der Waals surface area contributed by atoms with Gasteiger partial charge in [-0.25, -0.2) is 4.39 Å². The van der Waals surface area contributed by atoms with Crippen LogP contribution < -0.4 is 5.73 Å². The van der Waals surface area contributed by atoms with Gasteiger partial charge in [-0.3, -0.25) is 0 Å². The maximum atomic E-state index is 12.6. The molecule has 0 spiro atoms. The van der Waals surface area contributed by atoms with Crippen molar-refractivity contribution < 1.29 is 9.23 Å². The van der Waals surface area contributed by atoms with Crippen molar-refractivity contribution >= 4 is 5.71 Å². The van der Waals surface area contributed by atoms with Crippen LogP contribution in [-0.4, -0.2) is 18.9 Å². The second-order valence-corrected chi connectivity index (χ2v) is 2.81. The Labute approximate surface area is 82.4 Å². The highest BCUT2D eigenvalue weighted by molar-refractivity contribution is 5.98. The lowest BCUT2D eigenvalue weighted by atomic mass is 10.1. The van der Waals surface area contributed by atoms with E-state index in [1.54, 1.807) is 19.1 Å². The maximum Gasteiger partial charge on any atom is 0.129 e. The largest absolute Gasteiger partial charge is 0.394 e. The molecule has 0 aromatic heterocycles. The molecule has 0 unspecified atom stereocenters. The van der Waals surface area contributed by atoms with Crippen LogP contribution in [0.1, 0.15) is 12.5 Å². The third-order valence-electron chi connectivity index (χ3n) is 1.67. The Balaban J connectivity index is 2.64. The molecule has 0 saturated heterocycles. The maximum absolute atomic E-state index is 12.6. The normalized spacial score (nSPS) is 11.5. The van der Waals surface area contributed by atoms with Crippen LogP contribution in [0, 0.1) is 5.82 Å². The van der Waals surface area contributed by atoms with Crippen LogP contribution >= 0.6 is 0 Å². The van der Waals surface area contributed by atoms with Gasteiger partial charge in [0, 0.05) is 6.54 Å². The van der Waals surface area contributed by atoms with Gasteiger partial charge in [0.15, 0.2) is 0 Å². The minimum absolute atomic E-state index is 0.260. The summed E-state index contributed by atoms with van der Waals surface area (Å²) in [7, 11) is 0. The van der Waals surface area contributed by atoms with Gasteiger partial charge in [-0.1, -0.05) is 17.3 Å². The Morgan fingerprint density at radius 2 is 2.07 bits per heavy atom. The first-order valence-electron chi connectivity index (χ1n) is 4.36. The molecule has 0 fully saturated rings. The molecule has 0 atom stereocenters. The van der Waals surface area contributed by atoms with Gasteiger partial charge >= 0.3 is 0 Å². The molecule has 0 amide bonds. The number of halogens is 1. The third-order valence-corrected chi connectivity index (χ3v) is 1.67. The van der Waals surface area contributed by atoms with Crippen LogP contribution in [0.5, 0.6) is 0 Å². The van der Waals surface area contributed by atoms with Crippen molar-refractivity contribution in [1.82, 2.24) is 0 Å². The monoisotopic (exact) mass is 196 g/mol. The first kappa shape index (κ1) is 10.7. The minimum atomic E-state index is -0.260. The van der Waals surface area contributed by atoms with E-state index < -0.39 is 0 Å². The summed E-state index contributed by atoms with van der Waals surface area (Å²) in [6.07, 6.45) is 0. The van der Waals surface area contributed by atoms with Crippen molar-refractivity contribution in [3.8, 4) is 0 Å². The van der Waals surface area contributed by atoms with Gasteiger partial charge in [0.1, 0.15) is 12.4 Å². The zero-order chi connectivity index (χ0) is 10.4. The molecule has 1 rings (SSSR count). The number of nitrogens with zero attached hydrogens (tertiary/aromatic N) is 1. The smallest absolute Gasteiger partial charge is 0.129 e. The molecule has 1 aromatic carbocycles. The number of oxime groups is 1. The van der Waals surface area contributed by atoms with Crippen LogP contribution in [0.2, 0.25) is 0 Å². The molecule has 3 nitrogen and oxygen atoms in total. The van der Waals surface area contributed by atoms with E-state index in [4.69, 9.17) is 10.6 Å². The fraction of sp³-hybridized carbons (Fsp3) is 0.300. The van der Waals surface area contributed by atoms with Crippen LogP contribution in [0.15, 0.2) is 29.4 Å². The van der Waals surface area contributed by atoms with E-state index in [0.29, 0.717) is 18.9 Å². The molecule has 4 heteroatoms. The van der Waals surface area contributed by atoms with Gasteiger partial charge in [-0.15, -0.1) is 0 Å². The molecule has 76 valence electrons. The SMILES string of the molecule is C/C(=N\OCCN)c1ccc(F)cc1. The molecule has 2 N–H and O–H groups in total. The Kier molecular flexibility index (Phi) is 4.07. The average molecular weight is 196 g/mol. The van der Waals surface area contributed by atoms with E-state index in [1.807, 2.05) is 0 Å². The molecule has 0 aliphatic rings. The molecular formula is C10H13FN2O. The van der Waals surface area contributed by atoms with Crippen molar-refractivity contribution in [2.24, 2.45) is 10.9 Å². The Bertz CT molecular complexity index is 308. The Hall–Kier alpha value is -1.42. The van der Waals surface area contributed by atoms with E-state index in [2.05, 4.69) is 5.16 Å². The van der Waals surface area contributed by atoms with Gasteiger partial charge in [0.05, 0.1) is 5.71 Å². The van der Waals surface area contributed by atoms with Gasteiger partial charge < -0.3 is 10.6 Å². The summed E-state index contributed by atoms with van der Waals surface area (Å²) in [4.78, 5) is 4.90. The van der Waals surface area contributed by atoms with Crippen molar-refractivity contribution in [2.45, 2.75) is 6.92 Å². The second kappa shape index (κ2) is 5.34. The van der Waals surface area contributed by atoms with Gasteiger partial charge in [0.25, 0.3) is 0 Å². The molecule has 14 heavy (non-hydrogen) atoms. The van der Waals surface area contributed by atoms with E-state index in [9.17, 15) is 4.39 Å². The summed E-state index contributed by atoms with van der Waals surface area (Å²) in [5, 5.41) is 3.83. The standard InChI is InChI=1S/C10H13FN2O/c1-8(13-14-7-6-12)9-2-4-10(11)5-3-9/h2-5H,6-7,12H2,1H3/b13-8+. The summed E-state index contributed by atoms with van der Waals surface area (Å²) in [6.45, 7) is 2.61. The zero-order valence-electron chi connectivity index (χ0n) is 8.03. The first-order valence-corrected chi connectivity index (χ1v) is 4.36.